The predicted molar refractivity (Wildman–Crippen MR) is 157 cm³/mol. The summed E-state index contributed by atoms with van der Waals surface area (Å²) < 4.78 is 27.8. The van der Waals surface area contributed by atoms with E-state index in [0.29, 0.717) is 52.2 Å². The van der Waals surface area contributed by atoms with Crippen molar-refractivity contribution in [1.82, 2.24) is 44.8 Å². The van der Waals surface area contributed by atoms with Gasteiger partial charge in [-0.1, -0.05) is 23.7 Å². The molecule has 44 heavy (non-hydrogen) atoms. The lowest BCUT2D eigenvalue weighted by Crippen LogP contribution is -2.35. The zero-order valence-corrected chi connectivity index (χ0v) is 24.4. The van der Waals surface area contributed by atoms with Gasteiger partial charge in [-0.05, 0) is 56.6 Å². The van der Waals surface area contributed by atoms with Crippen LogP contribution in [0.4, 0.5) is 4.39 Å². The number of aromatic amines is 1. The van der Waals surface area contributed by atoms with Crippen LogP contribution in [0.3, 0.4) is 0 Å². The number of rotatable bonds is 9. The number of hydrogen-bond donors (Lipinski definition) is 1. The predicted octanol–water partition coefficient (Wildman–Crippen LogP) is 4.42. The molecular formula is C30H28ClFN10O2. The molecule has 5 aromatic rings. The summed E-state index contributed by atoms with van der Waals surface area (Å²) in [6, 6.07) is 14.0. The van der Waals surface area contributed by atoms with Crippen LogP contribution in [0.2, 0.25) is 5.02 Å². The Hall–Kier alpha value is -4.51. The number of hydrogen-bond acceptors (Lipinski definition) is 10. The fourth-order valence-electron chi connectivity index (χ4n) is 5.57. The smallest absolute Gasteiger partial charge is 0.252 e. The molecule has 0 bridgehead atoms. The van der Waals surface area contributed by atoms with Crippen LogP contribution in [0.15, 0.2) is 42.5 Å². The van der Waals surface area contributed by atoms with Crippen molar-refractivity contribution < 1.29 is 13.9 Å². The Bertz CT molecular complexity index is 1840. The molecule has 0 spiro atoms. The molecular weight excluding hydrogens is 587 g/mol. The van der Waals surface area contributed by atoms with E-state index in [4.69, 9.17) is 36.3 Å². The third-order valence-corrected chi connectivity index (χ3v) is 8.32. The number of nitrogens with one attached hydrogen (secondary N) is 1. The van der Waals surface area contributed by atoms with Gasteiger partial charge in [-0.15, -0.1) is 15.3 Å². The number of H-pyrrole nitrogens is 1. The average molecular weight is 615 g/mol. The molecule has 14 heteroatoms. The molecule has 224 valence electrons. The maximum atomic E-state index is 14.2. The largest absolute Gasteiger partial charge is 0.473 e. The van der Waals surface area contributed by atoms with E-state index in [1.54, 1.807) is 18.2 Å². The van der Waals surface area contributed by atoms with Crippen LogP contribution in [-0.2, 0) is 24.4 Å². The number of nitrogens with zero attached hydrogens (tertiary/aromatic N) is 9. The summed E-state index contributed by atoms with van der Waals surface area (Å²) in [5.74, 6) is 1.68. The summed E-state index contributed by atoms with van der Waals surface area (Å²) in [4.78, 5) is 16.2. The van der Waals surface area contributed by atoms with Crippen LogP contribution in [0, 0.1) is 17.1 Å². The van der Waals surface area contributed by atoms with Crippen LogP contribution in [0.1, 0.15) is 48.1 Å². The van der Waals surface area contributed by atoms with Gasteiger partial charge in [0, 0.05) is 34.9 Å². The molecule has 0 radical (unpaired) electrons. The number of fused-ring (bicyclic) bond motifs is 1. The highest BCUT2D eigenvalue weighted by Gasteiger charge is 2.27. The molecule has 1 N–H and O–H groups in total. The van der Waals surface area contributed by atoms with Gasteiger partial charge >= 0.3 is 0 Å². The second-order valence-electron chi connectivity index (χ2n) is 11.0. The minimum atomic E-state index is -0.397. The van der Waals surface area contributed by atoms with Crippen LogP contribution >= 0.6 is 11.6 Å². The van der Waals surface area contributed by atoms with Crippen molar-refractivity contribution in [3.05, 3.63) is 76.2 Å². The summed E-state index contributed by atoms with van der Waals surface area (Å²) in [5.41, 5.74) is 3.27. The molecule has 12 nitrogen and oxygen atoms in total. The Labute approximate surface area is 256 Å². The van der Waals surface area contributed by atoms with Crippen molar-refractivity contribution in [2.24, 2.45) is 0 Å². The lowest BCUT2D eigenvalue weighted by Gasteiger charge is -2.32. The number of aromatic nitrogens is 8. The minimum Gasteiger partial charge on any atom is -0.473 e. The standard InChI is InChI=1S/C30H28ClFN10O2/c31-20-5-4-19(22(32)12-20)17-44-28-3-1-2-23(35-28)18-6-9-41(10-7-18)16-27-34-25-13-24(29-36-26(14-33)38-39-29)37-40-30(25)42(27)15-21-8-11-43-21/h1-5,12-13,18,21H,6-11,15-17H2,(H,36,38,39). The Kier molecular flexibility index (Phi) is 7.86. The van der Waals surface area contributed by atoms with E-state index in [1.807, 2.05) is 24.3 Å². The fourth-order valence-corrected chi connectivity index (χ4v) is 5.73. The summed E-state index contributed by atoms with van der Waals surface area (Å²) in [6.07, 6.45) is 2.99. The van der Waals surface area contributed by atoms with Crippen molar-refractivity contribution in [3.63, 3.8) is 0 Å². The number of nitriles is 1. The molecule has 6 heterocycles. The first-order chi connectivity index (χ1) is 21.5. The monoisotopic (exact) mass is 614 g/mol. The van der Waals surface area contributed by atoms with Gasteiger partial charge in [0.1, 0.15) is 35.5 Å². The molecule has 0 aliphatic carbocycles. The first kappa shape index (κ1) is 28.3. The number of likely N-dealkylation sites (tertiary alicyclic amines) is 1. The Balaban J connectivity index is 1.03. The van der Waals surface area contributed by atoms with Gasteiger partial charge in [0.25, 0.3) is 5.82 Å². The van der Waals surface area contributed by atoms with Crippen LogP contribution in [0.5, 0.6) is 5.88 Å². The highest BCUT2D eigenvalue weighted by Crippen LogP contribution is 2.30. The van der Waals surface area contributed by atoms with Crippen molar-refractivity contribution in [2.45, 2.75) is 51.0 Å². The average Bonchev–Trinajstić information content (AvgIpc) is 3.63. The zero-order chi connectivity index (χ0) is 30.0. The molecule has 7 rings (SSSR count). The maximum absolute atomic E-state index is 14.2. The molecule has 2 saturated heterocycles. The van der Waals surface area contributed by atoms with E-state index in [0.717, 1.165) is 50.5 Å². The molecule has 0 saturated carbocycles. The van der Waals surface area contributed by atoms with Crippen LogP contribution in [-0.4, -0.2) is 70.6 Å². The molecule has 2 aliphatic rings. The minimum absolute atomic E-state index is 0.0430. The lowest BCUT2D eigenvalue weighted by molar-refractivity contribution is -0.0593. The second-order valence-corrected chi connectivity index (χ2v) is 11.4. The number of piperidine rings is 1. The Morgan fingerprint density at radius 2 is 1.95 bits per heavy atom. The van der Waals surface area contributed by atoms with Crippen molar-refractivity contribution in [3.8, 4) is 23.5 Å². The molecule has 2 fully saturated rings. The topological polar surface area (TPSA) is 144 Å². The van der Waals surface area contributed by atoms with E-state index >= 15 is 0 Å². The number of ether oxygens (including phenoxy) is 2. The van der Waals surface area contributed by atoms with Crippen LogP contribution < -0.4 is 4.74 Å². The van der Waals surface area contributed by atoms with E-state index in [1.165, 1.54) is 6.07 Å². The molecule has 1 atom stereocenters. The van der Waals surface area contributed by atoms with Gasteiger partial charge in [-0.25, -0.2) is 14.4 Å². The Morgan fingerprint density at radius 1 is 1.09 bits per heavy atom. The van der Waals surface area contributed by atoms with Crippen molar-refractivity contribution in [2.75, 3.05) is 19.7 Å². The van der Waals surface area contributed by atoms with Crippen molar-refractivity contribution in [1.29, 1.82) is 5.26 Å². The van der Waals surface area contributed by atoms with Gasteiger partial charge in [0.15, 0.2) is 11.5 Å². The summed E-state index contributed by atoms with van der Waals surface area (Å²) in [6.45, 7) is 3.92. The van der Waals surface area contributed by atoms with Gasteiger partial charge in [0.05, 0.1) is 19.2 Å². The van der Waals surface area contributed by atoms with E-state index in [9.17, 15) is 4.39 Å². The molecule has 2 aliphatic heterocycles. The first-order valence-electron chi connectivity index (χ1n) is 14.5. The Morgan fingerprint density at radius 3 is 2.70 bits per heavy atom. The van der Waals surface area contributed by atoms with Crippen molar-refractivity contribution >= 4 is 22.8 Å². The van der Waals surface area contributed by atoms with E-state index in [-0.39, 0.29) is 24.5 Å². The zero-order valence-electron chi connectivity index (χ0n) is 23.7. The normalized spacial score (nSPS) is 17.4. The van der Waals surface area contributed by atoms with E-state index < -0.39 is 5.82 Å². The SMILES string of the molecule is N#Cc1n[nH]c(-c2cc3nc(CN4CCC(c5cccc(OCc6ccc(Cl)cc6F)n5)CC4)n(CC4CCO4)c3nn2)n1. The van der Waals surface area contributed by atoms with Gasteiger partial charge in [0.2, 0.25) is 5.88 Å². The second kappa shape index (κ2) is 12.2. The van der Waals surface area contributed by atoms with Gasteiger partial charge in [-0.2, -0.15) is 10.2 Å². The highest BCUT2D eigenvalue weighted by molar-refractivity contribution is 6.30. The fraction of sp³-hybridized carbons (Fsp3) is 0.367. The highest BCUT2D eigenvalue weighted by atomic mass is 35.5. The number of halogens is 2. The quantitative estimate of drug-likeness (QED) is 0.253. The summed E-state index contributed by atoms with van der Waals surface area (Å²) in [5, 5.41) is 24.8. The van der Waals surface area contributed by atoms with Crippen LogP contribution in [0.25, 0.3) is 22.7 Å². The molecule has 1 aromatic carbocycles. The third-order valence-electron chi connectivity index (χ3n) is 8.09. The van der Waals surface area contributed by atoms with Gasteiger partial charge < -0.3 is 14.0 Å². The number of benzene rings is 1. The third kappa shape index (κ3) is 5.96. The summed E-state index contributed by atoms with van der Waals surface area (Å²) >= 11 is 5.86. The summed E-state index contributed by atoms with van der Waals surface area (Å²) in [7, 11) is 0. The first-order valence-corrected chi connectivity index (χ1v) is 14.8. The maximum Gasteiger partial charge on any atom is 0.252 e. The van der Waals surface area contributed by atoms with Gasteiger partial charge in [-0.3, -0.25) is 10.00 Å². The molecule has 4 aromatic heterocycles. The molecule has 1 unspecified atom stereocenters. The van der Waals surface area contributed by atoms with E-state index in [2.05, 4.69) is 34.8 Å². The molecule has 0 amide bonds. The number of pyridine rings is 1. The lowest BCUT2D eigenvalue weighted by atomic mass is 9.93. The number of imidazole rings is 1.